The molecule has 5 heteroatoms. The minimum absolute atomic E-state index is 0.226. The fourth-order valence-corrected chi connectivity index (χ4v) is 2.07. The quantitative estimate of drug-likeness (QED) is 0.381. The molecule has 4 N–H and O–H groups in total. The molecule has 0 radical (unpaired) electrons. The number of rotatable bonds is 3. The Kier molecular flexibility index (Phi) is 4.08. The van der Waals surface area contributed by atoms with Gasteiger partial charge in [0.25, 0.3) is 5.91 Å². The average Bonchev–Trinajstić information content (AvgIpc) is 2.40. The summed E-state index contributed by atoms with van der Waals surface area (Å²) in [6.07, 6.45) is 0. The van der Waals surface area contributed by atoms with Crippen LogP contribution in [-0.2, 0) is 6.54 Å². The molecule has 1 saturated heterocycles. The van der Waals surface area contributed by atoms with Crippen molar-refractivity contribution in [3.05, 3.63) is 35.4 Å². The van der Waals surface area contributed by atoms with Crippen molar-refractivity contribution in [2.24, 2.45) is 5.84 Å². The van der Waals surface area contributed by atoms with Crippen molar-refractivity contribution in [3.63, 3.8) is 0 Å². The summed E-state index contributed by atoms with van der Waals surface area (Å²) < 4.78 is 0. The number of hydrogen-bond acceptors (Lipinski definition) is 4. The number of nitrogens with one attached hydrogen (secondary N) is 2. The minimum Gasteiger partial charge on any atom is -0.314 e. The number of carbonyl (C=O) groups is 1. The Morgan fingerprint density at radius 3 is 2.76 bits per heavy atom. The predicted octanol–water partition coefficient (Wildman–Crippen LogP) is -0.305. The summed E-state index contributed by atoms with van der Waals surface area (Å²) >= 11 is 0. The Hall–Kier alpha value is -1.43. The Morgan fingerprint density at radius 1 is 1.35 bits per heavy atom. The van der Waals surface area contributed by atoms with Gasteiger partial charge in [-0.05, 0) is 11.6 Å². The highest BCUT2D eigenvalue weighted by molar-refractivity contribution is 5.95. The molecular weight excluding hydrogens is 216 g/mol. The average molecular weight is 234 g/mol. The van der Waals surface area contributed by atoms with E-state index in [2.05, 4.69) is 15.6 Å². The molecule has 1 aromatic carbocycles. The van der Waals surface area contributed by atoms with Gasteiger partial charge in [-0.2, -0.15) is 0 Å². The molecule has 2 rings (SSSR count). The second kappa shape index (κ2) is 5.77. The van der Waals surface area contributed by atoms with E-state index in [1.54, 1.807) is 6.07 Å². The van der Waals surface area contributed by atoms with Gasteiger partial charge in [0, 0.05) is 38.3 Å². The van der Waals surface area contributed by atoms with E-state index in [0.717, 1.165) is 38.3 Å². The number of nitrogens with two attached hydrogens (primary N) is 1. The van der Waals surface area contributed by atoms with Gasteiger partial charge in [-0.1, -0.05) is 18.2 Å². The fraction of sp³-hybridized carbons (Fsp3) is 0.417. The molecule has 1 aliphatic heterocycles. The van der Waals surface area contributed by atoms with Crippen molar-refractivity contribution in [1.29, 1.82) is 0 Å². The summed E-state index contributed by atoms with van der Waals surface area (Å²) in [7, 11) is 0. The lowest BCUT2D eigenvalue weighted by Gasteiger charge is -2.27. The van der Waals surface area contributed by atoms with Gasteiger partial charge >= 0.3 is 0 Å². The molecular formula is C12H18N4O. The zero-order valence-electron chi connectivity index (χ0n) is 9.78. The van der Waals surface area contributed by atoms with E-state index in [-0.39, 0.29) is 5.91 Å². The lowest BCUT2D eigenvalue weighted by Crippen LogP contribution is -2.43. The normalized spacial score (nSPS) is 16.8. The molecule has 0 saturated carbocycles. The van der Waals surface area contributed by atoms with E-state index in [4.69, 9.17) is 5.84 Å². The standard InChI is InChI=1S/C12H18N4O/c13-15-12(17)11-4-2-1-3-10(11)9-16-7-5-14-6-8-16/h1-4,14H,5-9,13H2,(H,15,17). The first-order valence-corrected chi connectivity index (χ1v) is 5.83. The molecule has 1 aromatic rings. The summed E-state index contributed by atoms with van der Waals surface area (Å²) in [6.45, 7) is 4.83. The first-order chi connectivity index (χ1) is 8.31. The van der Waals surface area contributed by atoms with Crippen LogP contribution in [0, 0.1) is 0 Å². The zero-order chi connectivity index (χ0) is 12.1. The Morgan fingerprint density at radius 2 is 2.06 bits per heavy atom. The molecule has 0 unspecified atom stereocenters. The van der Waals surface area contributed by atoms with Gasteiger partial charge < -0.3 is 5.32 Å². The summed E-state index contributed by atoms with van der Waals surface area (Å²) in [6, 6.07) is 7.59. The van der Waals surface area contributed by atoms with Gasteiger partial charge in [-0.25, -0.2) is 5.84 Å². The van der Waals surface area contributed by atoms with Crippen LogP contribution in [0.25, 0.3) is 0 Å². The number of nitrogen functional groups attached to an aromatic ring is 1. The van der Waals surface area contributed by atoms with Crippen molar-refractivity contribution in [3.8, 4) is 0 Å². The zero-order valence-corrected chi connectivity index (χ0v) is 9.78. The number of hydrogen-bond donors (Lipinski definition) is 3. The topological polar surface area (TPSA) is 70.4 Å². The molecule has 17 heavy (non-hydrogen) atoms. The molecule has 0 bridgehead atoms. The van der Waals surface area contributed by atoms with Gasteiger partial charge in [0.15, 0.2) is 0 Å². The van der Waals surface area contributed by atoms with Crippen molar-refractivity contribution in [2.45, 2.75) is 6.54 Å². The van der Waals surface area contributed by atoms with Gasteiger partial charge in [0.05, 0.1) is 0 Å². The maximum absolute atomic E-state index is 11.6. The fourth-order valence-electron chi connectivity index (χ4n) is 2.07. The highest BCUT2D eigenvalue weighted by Crippen LogP contribution is 2.12. The molecule has 92 valence electrons. The van der Waals surface area contributed by atoms with Crippen molar-refractivity contribution in [2.75, 3.05) is 26.2 Å². The molecule has 1 amide bonds. The van der Waals surface area contributed by atoms with Crippen LogP contribution in [-0.4, -0.2) is 37.0 Å². The third-order valence-corrected chi connectivity index (χ3v) is 3.00. The summed E-state index contributed by atoms with van der Waals surface area (Å²) in [4.78, 5) is 13.9. The van der Waals surface area contributed by atoms with Crippen molar-refractivity contribution >= 4 is 5.91 Å². The third-order valence-electron chi connectivity index (χ3n) is 3.00. The third kappa shape index (κ3) is 3.03. The molecule has 0 atom stereocenters. The lowest BCUT2D eigenvalue weighted by molar-refractivity contribution is 0.0951. The largest absolute Gasteiger partial charge is 0.314 e. The molecule has 1 heterocycles. The molecule has 0 aliphatic carbocycles. The number of piperazine rings is 1. The monoisotopic (exact) mass is 234 g/mol. The number of carbonyl (C=O) groups excluding carboxylic acids is 1. The van der Waals surface area contributed by atoms with Crippen LogP contribution in [0.4, 0.5) is 0 Å². The predicted molar refractivity (Wildman–Crippen MR) is 66.2 cm³/mol. The molecule has 5 nitrogen and oxygen atoms in total. The molecule has 0 spiro atoms. The van der Waals surface area contributed by atoms with Crippen LogP contribution in [0.3, 0.4) is 0 Å². The number of benzene rings is 1. The highest BCUT2D eigenvalue weighted by Gasteiger charge is 2.14. The Bertz CT molecular complexity index is 388. The van der Waals surface area contributed by atoms with Crippen LogP contribution in [0.15, 0.2) is 24.3 Å². The first-order valence-electron chi connectivity index (χ1n) is 5.83. The van der Waals surface area contributed by atoms with E-state index >= 15 is 0 Å². The SMILES string of the molecule is NNC(=O)c1ccccc1CN1CCNCC1. The smallest absolute Gasteiger partial charge is 0.265 e. The van der Waals surface area contributed by atoms with E-state index < -0.39 is 0 Å². The minimum atomic E-state index is -0.226. The van der Waals surface area contributed by atoms with Gasteiger partial charge in [0.1, 0.15) is 0 Å². The second-order valence-electron chi connectivity index (χ2n) is 4.16. The number of nitrogens with zero attached hydrogens (tertiary/aromatic N) is 1. The van der Waals surface area contributed by atoms with E-state index in [1.165, 1.54) is 0 Å². The van der Waals surface area contributed by atoms with Gasteiger partial charge in [-0.15, -0.1) is 0 Å². The number of amides is 1. The molecule has 1 aliphatic rings. The van der Waals surface area contributed by atoms with Crippen LogP contribution in [0.1, 0.15) is 15.9 Å². The maximum atomic E-state index is 11.6. The summed E-state index contributed by atoms with van der Waals surface area (Å²) in [5, 5.41) is 3.31. The van der Waals surface area contributed by atoms with Crippen LogP contribution in [0.5, 0.6) is 0 Å². The van der Waals surface area contributed by atoms with E-state index in [1.807, 2.05) is 18.2 Å². The number of hydrazine groups is 1. The molecule has 0 aromatic heterocycles. The Balaban J connectivity index is 2.11. The van der Waals surface area contributed by atoms with E-state index in [9.17, 15) is 4.79 Å². The Labute approximate surface area is 101 Å². The lowest BCUT2D eigenvalue weighted by atomic mass is 10.1. The van der Waals surface area contributed by atoms with Gasteiger partial charge in [0.2, 0.25) is 0 Å². The molecule has 1 fully saturated rings. The second-order valence-corrected chi connectivity index (χ2v) is 4.16. The van der Waals surface area contributed by atoms with Crippen LogP contribution in [0.2, 0.25) is 0 Å². The van der Waals surface area contributed by atoms with E-state index in [0.29, 0.717) is 5.56 Å². The van der Waals surface area contributed by atoms with Crippen LogP contribution < -0.4 is 16.6 Å². The van der Waals surface area contributed by atoms with Crippen molar-refractivity contribution in [1.82, 2.24) is 15.6 Å². The van der Waals surface area contributed by atoms with Crippen molar-refractivity contribution < 1.29 is 4.79 Å². The summed E-state index contributed by atoms with van der Waals surface area (Å²) in [5.74, 6) is 4.96. The maximum Gasteiger partial charge on any atom is 0.265 e. The first kappa shape index (κ1) is 12.0. The van der Waals surface area contributed by atoms with Crippen LogP contribution >= 0.6 is 0 Å². The summed E-state index contributed by atoms with van der Waals surface area (Å²) in [5.41, 5.74) is 3.88. The van der Waals surface area contributed by atoms with Gasteiger partial charge in [-0.3, -0.25) is 15.1 Å². The highest BCUT2D eigenvalue weighted by atomic mass is 16.2.